The number of hydrogen-bond acceptors (Lipinski definition) is 3. The maximum absolute atomic E-state index is 13.2. The molecule has 0 aliphatic heterocycles. The van der Waals surface area contributed by atoms with Gasteiger partial charge in [0.05, 0.1) is 10.0 Å². The van der Waals surface area contributed by atoms with Crippen molar-refractivity contribution in [1.29, 1.82) is 0 Å². The highest BCUT2D eigenvalue weighted by Gasteiger charge is 2.09. The molecular formula is C13H18Cl2FNO2. The predicted molar refractivity (Wildman–Crippen MR) is 76.6 cm³/mol. The quantitative estimate of drug-likeness (QED) is 0.572. The Balaban J connectivity index is 2.48. The standard InChI is InChI=1S/C13H18Cl2FNO2/c1-3-18-12(19-4-2)5-6-17-9-7-10(14)13(16)11(15)8-9/h7-8,12,17H,3-6H2,1-2H3. The van der Waals surface area contributed by atoms with Gasteiger partial charge in [-0.1, -0.05) is 23.2 Å². The highest BCUT2D eigenvalue weighted by Crippen LogP contribution is 2.27. The van der Waals surface area contributed by atoms with Crippen molar-refractivity contribution in [1.82, 2.24) is 0 Å². The first-order valence-electron chi connectivity index (χ1n) is 6.20. The Morgan fingerprint density at radius 2 is 1.68 bits per heavy atom. The van der Waals surface area contributed by atoms with Crippen LogP contribution < -0.4 is 5.32 Å². The van der Waals surface area contributed by atoms with Crippen LogP contribution in [0.3, 0.4) is 0 Å². The van der Waals surface area contributed by atoms with E-state index < -0.39 is 5.82 Å². The van der Waals surface area contributed by atoms with Crippen molar-refractivity contribution in [3.8, 4) is 0 Å². The molecule has 19 heavy (non-hydrogen) atoms. The number of rotatable bonds is 8. The lowest BCUT2D eigenvalue weighted by Gasteiger charge is -2.17. The van der Waals surface area contributed by atoms with Crippen LogP contribution in [-0.2, 0) is 9.47 Å². The van der Waals surface area contributed by atoms with Crippen molar-refractivity contribution in [2.45, 2.75) is 26.6 Å². The van der Waals surface area contributed by atoms with E-state index in [0.717, 1.165) is 0 Å². The van der Waals surface area contributed by atoms with Gasteiger partial charge in [-0.2, -0.15) is 0 Å². The zero-order chi connectivity index (χ0) is 14.3. The first-order valence-corrected chi connectivity index (χ1v) is 6.95. The van der Waals surface area contributed by atoms with Crippen LogP contribution in [0, 0.1) is 5.82 Å². The third-order valence-corrected chi connectivity index (χ3v) is 2.95. The zero-order valence-electron chi connectivity index (χ0n) is 11.0. The Hall–Kier alpha value is -0.550. The molecule has 0 unspecified atom stereocenters. The molecule has 0 spiro atoms. The van der Waals surface area contributed by atoms with Gasteiger partial charge in [0.1, 0.15) is 0 Å². The van der Waals surface area contributed by atoms with E-state index in [1.807, 2.05) is 13.8 Å². The molecule has 0 heterocycles. The molecule has 0 bridgehead atoms. The summed E-state index contributed by atoms with van der Waals surface area (Å²) in [6, 6.07) is 3.00. The summed E-state index contributed by atoms with van der Waals surface area (Å²) in [7, 11) is 0. The van der Waals surface area contributed by atoms with Crippen molar-refractivity contribution >= 4 is 28.9 Å². The second-order valence-electron chi connectivity index (χ2n) is 3.81. The molecule has 0 aliphatic carbocycles. The van der Waals surface area contributed by atoms with E-state index in [9.17, 15) is 4.39 Å². The monoisotopic (exact) mass is 309 g/mol. The normalized spacial score (nSPS) is 11.1. The Morgan fingerprint density at radius 1 is 1.16 bits per heavy atom. The van der Waals surface area contributed by atoms with Gasteiger partial charge in [-0.3, -0.25) is 0 Å². The Morgan fingerprint density at radius 3 is 2.16 bits per heavy atom. The van der Waals surface area contributed by atoms with E-state index >= 15 is 0 Å². The van der Waals surface area contributed by atoms with Gasteiger partial charge >= 0.3 is 0 Å². The average molecular weight is 310 g/mol. The maximum atomic E-state index is 13.2. The fraction of sp³-hybridized carbons (Fsp3) is 0.538. The fourth-order valence-corrected chi connectivity index (χ4v) is 2.07. The van der Waals surface area contributed by atoms with Crippen LogP contribution in [0.5, 0.6) is 0 Å². The van der Waals surface area contributed by atoms with E-state index in [2.05, 4.69) is 5.32 Å². The van der Waals surface area contributed by atoms with Gasteiger partial charge in [-0.25, -0.2) is 4.39 Å². The predicted octanol–water partition coefficient (Wildman–Crippen LogP) is 4.33. The molecule has 0 amide bonds. The summed E-state index contributed by atoms with van der Waals surface area (Å²) in [5, 5.41) is 3.11. The Labute approximate surface area is 123 Å². The Bertz CT molecular complexity index is 375. The van der Waals surface area contributed by atoms with Crippen LogP contribution >= 0.6 is 23.2 Å². The highest BCUT2D eigenvalue weighted by molar-refractivity contribution is 6.35. The van der Waals surface area contributed by atoms with Gasteiger partial charge in [0.25, 0.3) is 0 Å². The van der Waals surface area contributed by atoms with Gasteiger partial charge in [-0.05, 0) is 26.0 Å². The van der Waals surface area contributed by atoms with Crippen molar-refractivity contribution in [2.75, 3.05) is 25.1 Å². The molecule has 0 fully saturated rings. The molecule has 1 N–H and O–H groups in total. The molecule has 0 saturated heterocycles. The zero-order valence-corrected chi connectivity index (χ0v) is 12.5. The first-order chi connectivity index (χ1) is 9.08. The first kappa shape index (κ1) is 16.5. The average Bonchev–Trinajstić information content (AvgIpc) is 2.36. The lowest BCUT2D eigenvalue weighted by molar-refractivity contribution is -0.137. The lowest BCUT2D eigenvalue weighted by atomic mass is 10.3. The van der Waals surface area contributed by atoms with Gasteiger partial charge < -0.3 is 14.8 Å². The second kappa shape index (κ2) is 8.59. The summed E-state index contributed by atoms with van der Waals surface area (Å²) < 4.78 is 24.1. The molecular weight excluding hydrogens is 292 g/mol. The highest BCUT2D eigenvalue weighted by atomic mass is 35.5. The maximum Gasteiger partial charge on any atom is 0.160 e. The van der Waals surface area contributed by atoms with Crippen LogP contribution in [0.15, 0.2) is 12.1 Å². The van der Waals surface area contributed by atoms with E-state index in [1.54, 1.807) is 0 Å². The molecule has 1 rings (SSSR count). The SMILES string of the molecule is CCOC(CCNc1cc(Cl)c(F)c(Cl)c1)OCC. The number of ether oxygens (including phenoxy) is 2. The van der Waals surface area contributed by atoms with Crippen LogP contribution in [0.4, 0.5) is 10.1 Å². The third kappa shape index (κ3) is 5.53. The number of benzene rings is 1. The van der Waals surface area contributed by atoms with Gasteiger partial charge in [0.2, 0.25) is 0 Å². The minimum Gasteiger partial charge on any atom is -0.385 e. The number of hydrogen-bond donors (Lipinski definition) is 1. The van der Waals surface area contributed by atoms with E-state index in [0.29, 0.717) is 31.9 Å². The number of nitrogens with one attached hydrogen (secondary N) is 1. The molecule has 6 heteroatoms. The number of halogens is 3. The van der Waals surface area contributed by atoms with Crippen LogP contribution in [-0.4, -0.2) is 26.0 Å². The van der Waals surface area contributed by atoms with Crippen molar-refractivity contribution in [3.63, 3.8) is 0 Å². The summed E-state index contributed by atoms with van der Waals surface area (Å²) in [6.45, 7) is 5.64. The van der Waals surface area contributed by atoms with E-state index in [4.69, 9.17) is 32.7 Å². The summed E-state index contributed by atoms with van der Waals surface area (Å²) in [5.41, 5.74) is 0.670. The molecule has 1 aromatic rings. The van der Waals surface area contributed by atoms with Crippen molar-refractivity contribution in [3.05, 3.63) is 28.0 Å². The minimum atomic E-state index is -0.601. The topological polar surface area (TPSA) is 30.5 Å². The van der Waals surface area contributed by atoms with Crippen molar-refractivity contribution in [2.24, 2.45) is 0 Å². The van der Waals surface area contributed by atoms with Gasteiger partial charge in [0, 0.05) is 31.9 Å². The van der Waals surface area contributed by atoms with E-state index in [-0.39, 0.29) is 16.3 Å². The van der Waals surface area contributed by atoms with Crippen LogP contribution in [0.1, 0.15) is 20.3 Å². The molecule has 1 aromatic carbocycles. The smallest absolute Gasteiger partial charge is 0.160 e. The minimum absolute atomic E-state index is 0.00108. The molecule has 0 atom stereocenters. The van der Waals surface area contributed by atoms with Gasteiger partial charge in [0.15, 0.2) is 12.1 Å². The molecule has 0 radical (unpaired) electrons. The summed E-state index contributed by atoms with van der Waals surface area (Å²) >= 11 is 11.4. The third-order valence-electron chi connectivity index (χ3n) is 2.40. The largest absolute Gasteiger partial charge is 0.385 e. The molecule has 108 valence electrons. The number of anilines is 1. The molecule has 0 saturated carbocycles. The molecule has 0 aromatic heterocycles. The van der Waals surface area contributed by atoms with Crippen LogP contribution in [0.25, 0.3) is 0 Å². The second-order valence-corrected chi connectivity index (χ2v) is 4.62. The fourth-order valence-electron chi connectivity index (χ4n) is 1.58. The Kier molecular flexibility index (Phi) is 7.46. The van der Waals surface area contributed by atoms with Crippen LogP contribution in [0.2, 0.25) is 10.0 Å². The van der Waals surface area contributed by atoms with Gasteiger partial charge in [-0.15, -0.1) is 0 Å². The molecule has 0 aliphatic rings. The van der Waals surface area contributed by atoms with E-state index in [1.165, 1.54) is 12.1 Å². The summed E-state index contributed by atoms with van der Waals surface area (Å²) in [5.74, 6) is -0.601. The molecule has 3 nitrogen and oxygen atoms in total. The lowest BCUT2D eigenvalue weighted by Crippen LogP contribution is -2.21. The summed E-state index contributed by atoms with van der Waals surface area (Å²) in [4.78, 5) is 0. The van der Waals surface area contributed by atoms with Crippen molar-refractivity contribution < 1.29 is 13.9 Å². The summed E-state index contributed by atoms with van der Waals surface area (Å²) in [6.07, 6.45) is 0.433.